The summed E-state index contributed by atoms with van der Waals surface area (Å²) >= 11 is 6.48. The molecule has 0 amide bonds. The maximum atomic E-state index is 13.0. The van der Waals surface area contributed by atoms with Crippen LogP contribution in [0.2, 0.25) is 5.02 Å². The molecular formula is C25H25ClN2O2S. The van der Waals surface area contributed by atoms with E-state index in [0.29, 0.717) is 38.7 Å². The Morgan fingerprint density at radius 3 is 2.35 bits per heavy atom. The van der Waals surface area contributed by atoms with Crippen molar-refractivity contribution in [2.45, 2.75) is 25.3 Å². The Kier molecular flexibility index (Phi) is 6.58. The van der Waals surface area contributed by atoms with Gasteiger partial charge < -0.3 is 4.57 Å². The van der Waals surface area contributed by atoms with E-state index in [9.17, 15) is 8.42 Å². The van der Waals surface area contributed by atoms with Crippen LogP contribution >= 0.6 is 11.6 Å². The van der Waals surface area contributed by atoms with Crippen LogP contribution in [0.1, 0.15) is 12.5 Å². The third-order valence-corrected chi connectivity index (χ3v) is 6.81. The summed E-state index contributed by atoms with van der Waals surface area (Å²) in [4.78, 5) is 0.187. The van der Waals surface area contributed by atoms with Gasteiger partial charge in [-0.3, -0.25) is 4.72 Å². The molecule has 0 bridgehead atoms. The number of aryl methyl sites for hydroxylation is 1. The minimum absolute atomic E-state index is 0.187. The van der Waals surface area contributed by atoms with Crippen molar-refractivity contribution in [1.82, 2.24) is 4.57 Å². The van der Waals surface area contributed by atoms with Crippen LogP contribution in [-0.2, 0) is 16.6 Å². The smallest absolute Gasteiger partial charge is 0.261 e. The van der Waals surface area contributed by atoms with Crippen molar-refractivity contribution in [2.75, 3.05) is 4.72 Å². The fraction of sp³-hybridized carbons (Fsp3) is 0.120. The van der Waals surface area contributed by atoms with Gasteiger partial charge in [-0.25, -0.2) is 8.42 Å². The molecule has 0 saturated heterocycles. The average Bonchev–Trinajstić information content (AvgIpc) is 2.99. The molecular weight excluding hydrogens is 428 g/mol. The lowest BCUT2D eigenvalue weighted by Gasteiger charge is -2.10. The van der Waals surface area contributed by atoms with E-state index < -0.39 is 10.0 Å². The first-order valence-electron chi connectivity index (χ1n) is 9.72. The maximum Gasteiger partial charge on any atom is 0.261 e. The molecule has 0 unspecified atom stereocenters. The third-order valence-electron chi connectivity index (χ3n) is 5.12. The van der Waals surface area contributed by atoms with E-state index in [4.69, 9.17) is 11.6 Å². The van der Waals surface area contributed by atoms with Crippen molar-refractivity contribution < 1.29 is 8.42 Å². The van der Waals surface area contributed by atoms with E-state index in [-0.39, 0.29) is 4.90 Å². The number of nitrogens with zero attached hydrogens (tertiary/aromatic N) is 1. The van der Waals surface area contributed by atoms with Crippen LogP contribution in [0, 0.1) is 6.92 Å². The largest absolute Gasteiger partial charge is 0.337 e. The highest BCUT2D eigenvalue weighted by molar-refractivity contribution is 7.92. The highest BCUT2D eigenvalue weighted by Crippen LogP contribution is 2.28. The molecule has 160 valence electrons. The van der Waals surface area contributed by atoms with Gasteiger partial charge in [0.15, 0.2) is 0 Å². The van der Waals surface area contributed by atoms with Gasteiger partial charge in [-0.05, 0) is 43.7 Å². The van der Waals surface area contributed by atoms with Gasteiger partial charge in [0.25, 0.3) is 10.0 Å². The second kappa shape index (κ2) is 9.00. The number of hydrogen-bond acceptors (Lipinski definition) is 2. The zero-order valence-electron chi connectivity index (χ0n) is 17.7. The molecule has 4 nitrogen and oxygen atoms in total. The molecule has 0 aliphatic carbocycles. The molecule has 0 aliphatic rings. The molecule has 1 heterocycles. The van der Waals surface area contributed by atoms with Crippen molar-refractivity contribution in [3.8, 4) is 0 Å². The first-order valence-corrected chi connectivity index (χ1v) is 11.6. The Hall–Kier alpha value is -3.02. The van der Waals surface area contributed by atoms with E-state index in [1.165, 1.54) is 0 Å². The van der Waals surface area contributed by atoms with Crippen LogP contribution in [0.4, 0.5) is 5.69 Å². The number of hydrogen-bond donors (Lipinski definition) is 1. The fourth-order valence-electron chi connectivity index (χ4n) is 3.40. The Bertz CT molecular complexity index is 1410. The summed E-state index contributed by atoms with van der Waals surface area (Å²) in [6.07, 6.45) is 7.52. The number of fused-ring (bicyclic) bond motifs is 1. The normalized spacial score (nSPS) is 12.5. The second-order valence-electron chi connectivity index (χ2n) is 7.20. The standard InChI is InChI=1S/C25H25ClN2O2S/c1-6-8-9-20(7-2)16-28-18(4)24-22(26)14-15-23(25(24)19(28)5)27-31(29,30)21-12-10-17(3)11-13-21/h6-15,27H,1,4-5,16H2,2-3H3/b9-8-,20-7+. The summed E-state index contributed by atoms with van der Waals surface area (Å²) in [5.74, 6) is 0. The molecule has 0 radical (unpaired) electrons. The number of halogens is 1. The molecule has 3 rings (SSSR count). The summed E-state index contributed by atoms with van der Waals surface area (Å²) in [5, 5.41) is 3.11. The number of nitrogens with one attached hydrogen (secondary N) is 1. The molecule has 2 aromatic carbocycles. The molecule has 0 atom stereocenters. The van der Waals surface area contributed by atoms with Crippen LogP contribution in [0.3, 0.4) is 0 Å². The van der Waals surface area contributed by atoms with Crippen LogP contribution in [0.5, 0.6) is 0 Å². The number of rotatable bonds is 7. The van der Waals surface area contributed by atoms with Gasteiger partial charge in [-0.15, -0.1) is 0 Å². The van der Waals surface area contributed by atoms with Crippen LogP contribution in [0.15, 0.2) is 77.7 Å². The van der Waals surface area contributed by atoms with Gasteiger partial charge in [0.1, 0.15) is 0 Å². The molecule has 0 saturated carbocycles. The first kappa shape index (κ1) is 22.7. The number of allylic oxidation sites excluding steroid dienone is 5. The monoisotopic (exact) mass is 452 g/mol. The van der Waals surface area contributed by atoms with E-state index in [0.717, 1.165) is 11.1 Å². The van der Waals surface area contributed by atoms with Crippen molar-refractivity contribution in [1.29, 1.82) is 0 Å². The second-order valence-corrected chi connectivity index (χ2v) is 9.29. The summed E-state index contributed by atoms with van der Waals surface area (Å²) in [6, 6.07) is 10.0. The zero-order chi connectivity index (χ0) is 22.8. The van der Waals surface area contributed by atoms with Gasteiger partial charge >= 0.3 is 0 Å². The highest BCUT2D eigenvalue weighted by atomic mass is 35.5. The minimum atomic E-state index is -3.78. The molecule has 3 aromatic rings. The number of aromatic nitrogens is 1. The van der Waals surface area contributed by atoms with E-state index in [2.05, 4.69) is 24.5 Å². The fourth-order valence-corrected chi connectivity index (χ4v) is 4.74. The Labute approximate surface area is 188 Å². The summed E-state index contributed by atoms with van der Waals surface area (Å²) in [7, 11) is -3.78. The molecule has 0 aliphatic heterocycles. The number of anilines is 1. The van der Waals surface area contributed by atoms with Crippen molar-refractivity contribution >= 4 is 51.2 Å². The van der Waals surface area contributed by atoms with Crippen LogP contribution < -0.4 is 15.4 Å². The molecule has 31 heavy (non-hydrogen) atoms. The maximum absolute atomic E-state index is 13.0. The predicted octanol–water partition coefficient (Wildman–Crippen LogP) is 4.91. The Morgan fingerprint density at radius 2 is 1.74 bits per heavy atom. The predicted molar refractivity (Wildman–Crippen MR) is 132 cm³/mol. The number of benzene rings is 2. The van der Waals surface area contributed by atoms with Crippen LogP contribution in [-0.4, -0.2) is 13.0 Å². The lowest BCUT2D eigenvalue weighted by atomic mass is 10.2. The van der Waals surface area contributed by atoms with Crippen LogP contribution in [0.25, 0.3) is 23.9 Å². The van der Waals surface area contributed by atoms with Crippen molar-refractivity contribution in [3.63, 3.8) is 0 Å². The Balaban J connectivity index is 2.15. The van der Waals surface area contributed by atoms with E-state index in [1.54, 1.807) is 42.5 Å². The highest BCUT2D eigenvalue weighted by Gasteiger charge is 2.19. The average molecular weight is 453 g/mol. The molecule has 1 N–H and O–H groups in total. The van der Waals surface area contributed by atoms with Crippen molar-refractivity contribution in [3.05, 3.63) is 94.1 Å². The summed E-state index contributed by atoms with van der Waals surface area (Å²) in [6.45, 7) is 16.5. The lowest BCUT2D eigenvalue weighted by Crippen LogP contribution is -2.26. The molecule has 6 heteroatoms. The van der Waals surface area contributed by atoms with Gasteiger partial charge in [0, 0.05) is 28.0 Å². The van der Waals surface area contributed by atoms with Gasteiger partial charge in [0.05, 0.1) is 15.6 Å². The topological polar surface area (TPSA) is 51.1 Å². The molecule has 1 aromatic heterocycles. The van der Waals surface area contributed by atoms with Gasteiger partial charge in [0.2, 0.25) is 0 Å². The Morgan fingerprint density at radius 1 is 1.10 bits per heavy atom. The molecule has 0 spiro atoms. The summed E-state index contributed by atoms with van der Waals surface area (Å²) in [5.41, 5.74) is 2.43. The van der Waals surface area contributed by atoms with E-state index >= 15 is 0 Å². The minimum Gasteiger partial charge on any atom is -0.337 e. The summed E-state index contributed by atoms with van der Waals surface area (Å²) < 4.78 is 30.6. The SMILES string of the molecule is C=C/C=C\C(=C/C)Cn1c(=C)c2c(Cl)ccc(NS(=O)(=O)c3ccc(C)cc3)c2c1=C. The first-order chi connectivity index (χ1) is 14.7. The quantitative estimate of drug-likeness (QED) is 0.517. The van der Waals surface area contributed by atoms with E-state index in [1.807, 2.05) is 36.6 Å². The third kappa shape index (κ3) is 4.53. The van der Waals surface area contributed by atoms with Crippen molar-refractivity contribution in [2.24, 2.45) is 0 Å². The number of sulfonamides is 1. The van der Waals surface area contributed by atoms with Gasteiger partial charge in [-0.2, -0.15) is 0 Å². The molecule has 0 fully saturated rings. The lowest BCUT2D eigenvalue weighted by molar-refractivity contribution is 0.601. The zero-order valence-corrected chi connectivity index (χ0v) is 19.2. The van der Waals surface area contributed by atoms with Gasteiger partial charge in [-0.1, -0.05) is 73.3 Å².